The lowest BCUT2D eigenvalue weighted by molar-refractivity contribution is -0.00626. The molecule has 5 nitrogen and oxygen atoms in total. The van der Waals surface area contributed by atoms with Gasteiger partial charge in [-0.25, -0.2) is 9.97 Å². The van der Waals surface area contributed by atoms with Crippen LogP contribution in [0.15, 0.2) is 12.4 Å². The minimum Gasteiger partial charge on any atom is -0.378 e. The van der Waals surface area contributed by atoms with Crippen molar-refractivity contribution in [3.63, 3.8) is 0 Å². The van der Waals surface area contributed by atoms with Gasteiger partial charge in [-0.05, 0) is 0 Å². The molecule has 6 heteroatoms. The molecule has 88 valence electrons. The highest BCUT2D eigenvalue weighted by atomic mass is 19.1. The number of hydrogen-bond donors (Lipinski definition) is 1. The first-order valence-electron chi connectivity index (χ1n) is 5.08. The monoisotopic (exact) mass is 227 g/mol. The molecule has 1 atom stereocenters. The highest BCUT2D eigenvalue weighted by Gasteiger charge is 2.34. The summed E-state index contributed by atoms with van der Waals surface area (Å²) in [6.45, 7) is 1.78. The molecule has 0 radical (unpaired) electrons. The molecule has 1 aliphatic heterocycles. The van der Waals surface area contributed by atoms with Crippen molar-refractivity contribution in [3.8, 4) is 0 Å². The number of nitrogens with one attached hydrogen (secondary N) is 1. The van der Waals surface area contributed by atoms with E-state index < -0.39 is 5.95 Å². The van der Waals surface area contributed by atoms with Gasteiger partial charge in [0.05, 0.1) is 6.61 Å². The summed E-state index contributed by atoms with van der Waals surface area (Å²) in [4.78, 5) is 7.29. The van der Waals surface area contributed by atoms with Gasteiger partial charge in [0.1, 0.15) is 17.7 Å². The number of ether oxygens (including phenoxy) is 2. The standard InChI is InChI=1S/C10H14FN3O2/c1-15-10(2-3-16-6-10)5-12-9-4-8(11)13-7-14-9/h4,7H,2-3,5-6H2,1H3,(H,12,13,14). The molecule has 0 aliphatic carbocycles. The number of aromatic nitrogens is 2. The van der Waals surface area contributed by atoms with E-state index in [1.807, 2.05) is 0 Å². The number of halogens is 1. The molecule has 0 saturated carbocycles. The third-order valence-electron chi connectivity index (χ3n) is 2.73. The first-order chi connectivity index (χ1) is 7.74. The Bertz CT molecular complexity index is 356. The highest BCUT2D eigenvalue weighted by Crippen LogP contribution is 2.22. The van der Waals surface area contributed by atoms with E-state index in [0.717, 1.165) is 6.42 Å². The second kappa shape index (κ2) is 4.71. The molecule has 0 bridgehead atoms. The summed E-state index contributed by atoms with van der Waals surface area (Å²) in [5, 5.41) is 3.02. The lowest BCUT2D eigenvalue weighted by atomic mass is 10.0. The molecule has 16 heavy (non-hydrogen) atoms. The summed E-state index contributed by atoms with van der Waals surface area (Å²) in [6.07, 6.45) is 2.01. The lowest BCUT2D eigenvalue weighted by Gasteiger charge is -2.26. The van der Waals surface area contributed by atoms with Crippen molar-refractivity contribution >= 4 is 5.82 Å². The van der Waals surface area contributed by atoms with Crippen molar-refractivity contribution < 1.29 is 13.9 Å². The van der Waals surface area contributed by atoms with Gasteiger partial charge in [-0.3, -0.25) is 0 Å². The van der Waals surface area contributed by atoms with Crippen molar-refractivity contribution in [2.24, 2.45) is 0 Å². The van der Waals surface area contributed by atoms with Gasteiger partial charge in [0.2, 0.25) is 5.95 Å². The molecule has 1 unspecified atom stereocenters. The Balaban J connectivity index is 1.95. The first kappa shape index (κ1) is 11.2. The van der Waals surface area contributed by atoms with E-state index in [9.17, 15) is 4.39 Å². The van der Waals surface area contributed by atoms with Gasteiger partial charge in [0.15, 0.2) is 0 Å². The predicted molar refractivity (Wildman–Crippen MR) is 55.7 cm³/mol. The maximum absolute atomic E-state index is 12.8. The van der Waals surface area contributed by atoms with E-state index in [2.05, 4.69) is 15.3 Å². The zero-order chi connectivity index (χ0) is 11.4. The third-order valence-corrected chi connectivity index (χ3v) is 2.73. The summed E-state index contributed by atoms with van der Waals surface area (Å²) >= 11 is 0. The van der Waals surface area contributed by atoms with Crippen LogP contribution in [0, 0.1) is 5.95 Å². The SMILES string of the molecule is COC1(CNc2cc(F)ncn2)CCOC1. The zero-order valence-electron chi connectivity index (χ0n) is 9.07. The van der Waals surface area contributed by atoms with Crippen molar-refractivity contribution in [2.45, 2.75) is 12.0 Å². The van der Waals surface area contributed by atoms with Crippen LogP contribution in [-0.4, -0.2) is 42.4 Å². The molecule has 1 saturated heterocycles. The van der Waals surface area contributed by atoms with E-state index in [1.165, 1.54) is 12.4 Å². The Morgan fingerprint density at radius 1 is 1.62 bits per heavy atom. The summed E-state index contributed by atoms with van der Waals surface area (Å²) < 4.78 is 23.5. The van der Waals surface area contributed by atoms with E-state index in [0.29, 0.717) is 25.6 Å². The fourth-order valence-electron chi connectivity index (χ4n) is 1.64. The van der Waals surface area contributed by atoms with Crippen molar-refractivity contribution in [3.05, 3.63) is 18.3 Å². The molecule has 1 aromatic heterocycles. The Morgan fingerprint density at radius 3 is 3.12 bits per heavy atom. The Labute approximate surface area is 93.0 Å². The predicted octanol–water partition coefficient (Wildman–Crippen LogP) is 0.833. The second-order valence-corrected chi connectivity index (χ2v) is 3.77. The van der Waals surface area contributed by atoms with Gasteiger partial charge < -0.3 is 14.8 Å². The molecule has 0 amide bonds. The summed E-state index contributed by atoms with van der Waals surface area (Å²) in [5.41, 5.74) is -0.332. The minimum absolute atomic E-state index is 0.332. The van der Waals surface area contributed by atoms with E-state index in [1.54, 1.807) is 7.11 Å². The number of rotatable bonds is 4. The second-order valence-electron chi connectivity index (χ2n) is 3.77. The van der Waals surface area contributed by atoms with Crippen LogP contribution in [0.1, 0.15) is 6.42 Å². The van der Waals surface area contributed by atoms with Crippen LogP contribution in [0.5, 0.6) is 0 Å². The van der Waals surface area contributed by atoms with Crippen LogP contribution < -0.4 is 5.32 Å². The Hall–Kier alpha value is -1.27. The maximum atomic E-state index is 12.8. The molecule has 1 aliphatic rings. The Morgan fingerprint density at radius 2 is 2.50 bits per heavy atom. The Kier molecular flexibility index (Phi) is 3.31. The quantitative estimate of drug-likeness (QED) is 0.772. The fraction of sp³-hybridized carbons (Fsp3) is 0.600. The molecular formula is C10H14FN3O2. The number of nitrogens with zero attached hydrogens (tertiary/aromatic N) is 2. The van der Waals surface area contributed by atoms with Crippen LogP contribution in [0.3, 0.4) is 0 Å². The van der Waals surface area contributed by atoms with Crippen LogP contribution in [-0.2, 0) is 9.47 Å². The van der Waals surface area contributed by atoms with E-state index in [-0.39, 0.29) is 5.60 Å². The van der Waals surface area contributed by atoms with E-state index in [4.69, 9.17) is 9.47 Å². The number of methoxy groups -OCH3 is 1. The van der Waals surface area contributed by atoms with Gasteiger partial charge in [0, 0.05) is 32.7 Å². The molecular weight excluding hydrogens is 213 g/mol. The summed E-state index contributed by atoms with van der Waals surface area (Å²) in [5.74, 6) is -0.0949. The first-order valence-corrected chi connectivity index (χ1v) is 5.08. The molecule has 1 fully saturated rings. The van der Waals surface area contributed by atoms with Crippen molar-refractivity contribution in [1.82, 2.24) is 9.97 Å². The van der Waals surface area contributed by atoms with Crippen LogP contribution in [0.4, 0.5) is 10.2 Å². The third kappa shape index (κ3) is 2.45. The van der Waals surface area contributed by atoms with Gasteiger partial charge in [-0.15, -0.1) is 0 Å². The van der Waals surface area contributed by atoms with Gasteiger partial charge >= 0.3 is 0 Å². The summed E-state index contributed by atoms with van der Waals surface area (Å²) in [7, 11) is 1.65. The maximum Gasteiger partial charge on any atom is 0.217 e. The van der Waals surface area contributed by atoms with Crippen LogP contribution >= 0.6 is 0 Å². The summed E-state index contributed by atoms with van der Waals surface area (Å²) in [6, 6.07) is 1.25. The smallest absolute Gasteiger partial charge is 0.217 e. The van der Waals surface area contributed by atoms with Gasteiger partial charge in [-0.2, -0.15) is 4.39 Å². The number of anilines is 1. The van der Waals surface area contributed by atoms with Crippen molar-refractivity contribution in [2.75, 3.05) is 32.2 Å². The van der Waals surface area contributed by atoms with Gasteiger partial charge in [0.25, 0.3) is 0 Å². The van der Waals surface area contributed by atoms with E-state index >= 15 is 0 Å². The zero-order valence-corrected chi connectivity index (χ0v) is 9.07. The van der Waals surface area contributed by atoms with Crippen molar-refractivity contribution in [1.29, 1.82) is 0 Å². The highest BCUT2D eigenvalue weighted by molar-refractivity contribution is 5.32. The fourth-order valence-corrected chi connectivity index (χ4v) is 1.64. The average Bonchev–Trinajstić information content (AvgIpc) is 2.76. The lowest BCUT2D eigenvalue weighted by Crippen LogP contribution is -2.39. The molecule has 0 aromatic carbocycles. The van der Waals surface area contributed by atoms with Crippen LogP contribution in [0.2, 0.25) is 0 Å². The number of hydrogen-bond acceptors (Lipinski definition) is 5. The molecule has 1 aromatic rings. The minimum atomic E-state index is -0.549. The molecule has 2 rings (SSSR count). The average molecular weight is 227 g/mol. The normalized spacial score (nSPS) is 24.6. The largest absolute Gasteiger partial charge is 0.378 e. The topological polar surface area (TPSA) is 56.3 Å². The molecule has 1 N–H and O–H groups in total. The molecule has 2 heterocycles. The van der Waals surface area contributed by atoms with Crippen LogP contribution in [0.25, 0.3) is 0 Å². The van der Waals surface area contributed by atoms with Gasteiger partial charge in [-0.1, -0.05) is 0 Å². The molecule has 0 spiro atoms.